The van der Waals surface area contributed by atoms with E-state index in [0.29, 0.717) is 22.6 Å². The van der Waals surface area contributed by atoms with Crippen LogP contribution in [0.2, 0.25) is 0 Å². The summed E-state index contributed by atoms with van der Waals surface area (Å²) in [5, 5.41) is 11.8. The Balaban J connectivity index is 1.58. The van der Waals surface area contributed by atoms with Gasteiger partial charge in [-0.15, -0.1) is 0 Å². The van der Waals surface area contributed by atoms with Crippen LogP contribution in [0, 0.1) is 0 Å². The Kier molecular flexibility index (Phi) is 6.99. The van der Waals surface area contributed by atoms with Gasteiger partial charge in [0, 0.05) is 16.4 Å². The van der Waals surface area contributed by atoms with Crippen LogP contribution >= 0.6 is 15.9 Å². The molecule has 1 aliphatic heterocycles. The molecule has 0 aliphatic carbocycles. The average molecular weight is 576 g/mol. The molecule has 2 heterocycles. The summed E-state index contributed by atoms with van der Waals surface area (Å²) in [7, 11) is 1.58. The molecule has 3 aromatic carbocycles. The van der Waals surface area contributed by atoms with Crippen LogP contribution < -0.4 is 9.47 Å². The van der Waals surface area contributed by atoms with Crippen LogP contribution in [0.3, 0.4) is 0 Å². The second-order valence-corrected chi connectivity index (χ2v) is 10.2. The van der Waals surface area contributed by atoms with Gasteiger partial charge in [0.05, 0.1) is 24.8 Å². The van der Waals surface area contributed by atoms with Gasteiger partial charge in [0.1, 0.15) is 17.1 Å². The lowest BCUT2D eigenvalue weighted by molar-refractivity contribution is -0.130. The molecule has 0 spiro atoms. The Bertz CT molecular complexity index is 1550. The number of halogens is 1. The smallest absolute Gasteiger partial charge is 0.290 e. The van der Waals surface area contributed by atoms with Crippen LogP contribution in [0.5, 0.6) is 11.5 Å². The molecule has 4 aromatic rings. The van der Waals surface area contributed by atoms with Crippen molar-refractivity contribution < 1.29 is 28.6 Å². The van der Waals surface area contributed by atoms with Crippen molar-refractivity contribution in [3.63, 3.8) is 0 Å². The minimum absolute atomic E-state index is 0.0386. The number of Topliss-reactive ketones (excluding diaryl/α,β-unsaturated/α-hetero) is 1. The Morgan fingerprint density at radius 3 is 2.53 bits per heavy atom. The summed E-state index contributed by atoms with van der Waals surface area (Å²) < 4.78 is 17.8. The van der Waals surface area contributed by atoms with Gasteiger partial charge in [-0.2, -0.15) is 0 Å². The first-order valence-electron chi connectivity index (χ1n) is 12.1. The zero-order valence-electron chi connectivity index (χ0n) is 21.1. The van der Waals surface area contributed by atoms with Crippen molar-refractivity contribution >= 4 is 38.6 Å². The van der Waals surface area contributed by atoms with Crippen molar-refractivity contribution in [2.45, 2.75) is 32.5 Å². The summed E-state index contributed by atoms with van der Waals surface area (Å²) in [5.41, 5.74) is 1.94. The summed E-state index contributed by atoms with van der Waals surface area (Å²) in [5.74, 6) is -0.460. The number of hydrogen-bond donors (Lipinski definition) is 1. The second-order valence-electron chi connectivity index (χ2n) is 9.31. The van der Waals surface area contributed by atoms with E-state index >= 15 is 0 Å². The number of furan rings is 1. The zero-order chi connectivity index (χ0) is 27.0. The number of rotatable bonds is 8. The maximum atomic E-state index is 13.8. The van der Waals surface area contributed by atoms with E-state index in [2.05, 4.69) is 15.9 Å². The van der Waals surface area contributed by atoms with Crippen LogP contribution in [0.25, 0.3) is 11.0 Å². The lowest BCUT2D eigenvalue weighted by Gasteiger charge is -2.27. The number of carbonyl (C=O) groups excluding carboxylic acids is 2. The second kappa shape index (κ2) is 10.4. The highest BCUT2D eigenvalue weighted by Crippen LogP contribution is 2.41. The maximum absolute atomic E-state index is 13.8. The largest absolute Gasteiger partial charge is 0.503 e. The van der Waals surface area contributed by atoms with Gasteiger partial charge in [0.2, 0.25) is 5.78 Å². The quantitative estimate of drug-likeness (QED) is 0.233. The molecule has 1 aliphatic rings. The highest BCUT2D eigenvalue weighted by Gasteiger charge is 2.44. The third-order valence-corrected chi connectivity index (χ3v) is 6.80. The van der Waals surface area contributed by atoms with E-state index in [1.54, 1.807) is 43.5 Å². The summed E-state index contributed by atoms with van der Waals surface area (Å²) in [6.45, 7) is 4.00. The average Bonchev–Trinajstić information content (AvgIpc) is 3.42. The summed E-state index contributed by atoms with van der Waals surface area (Å²) in [6.07, 6.45) is -0.0641. The molecule has 7 nitrogen and oxygen atoms in total. The SMILES string of the molecule is COc1ccc(CN2C(=O)C(O)=C(C(=O)c3cc4cc(Br)ccc4o3)C2c2cccc(OC(C)C)c2)cc1. The van der Waals surface area contributed by atoms with E-state index in [1.165, 1.54) is 4.90 Å². The van der Waals surface area contributed by atoms with E-state index in [-0.39, 0.29) is 24.0 Å². The number of ketones is 1. The Morgan fingerprint density at radius 1 is 1.05 bits per heavy atom. The first kappa shape index (κ1) is 25.6. The number of amides is 1. The molecule has 8 heteroatoms. The highest BCUT2D eigenvalue weighted by atomic mass is 79.9. The number of aliphatic hydroxyl groups excluding tert-OH is 1. The first-order chi connectivity index (χ1) is 18.2. The van der Waals surface area contributed by atoms with Crippen molar-refractivity contribution in [3.05, 3.63) is 105 Å². The van der Waals surface area contributed by atoms with Gasteiger partial charge in [0.15, 0.2) is 11.5 Å². The molecule has 1 unspecified atom stereocenters. The lowest BCUT2D eigenvalue weighted by Crippen LogP contribution is -2.30. The molecular formula is C30H26BrNO6. The Labute approximate surface area is 228 Å². The number of hydrogen-bond acceptors (Lipinski definition) is 6. The fourth-order valence-corrected chi connectivity index (χ4v) is 4.99. The normalized spacial score (nSPS) is 15.6. The van der Waals surface area contributed by atoms with E-state index in [0.717, 1.165) is 15.4 Å². The standard InChI is InChI=1S/C30H26BrNO6/c1-17(2)37-23-6-4-5-19(14-23)27-26(28(33)25-15-20-13-21(31)9-12-24(20)38-25)29(34)30(35)32(27)16-18-7-10-22(36-3)11-8-18/h4-15,17,27,34H,16H2,1-3H3. The fraction of sp³-hybridized carbons (Fsp3) is 0.200. The topological polar surface area (TPSA) is 89.2 Å². The van der Waals surface area contributed by atoms with Gasteiger partial charge in [0.25, 0.3) is 5.91 Å². The molecule has 0 saturated heterocycles. The molecule has 1 atom stereocenters. The number of aliphatic hydroxyl groups is 1. The maximum Gasteiger partial charge on any atom is 0.290 e. The van der Waals surface area contributed by atoms with Gasteiger partial charge < -0.3 is 23.9 Å². The predicted molar refractivity (Wildman–Crippen MR) is 146 cm³/mol. The summed E-state index contributed by atoms with van der Waals surface area (Å²) >= 11 is 3.43. The molecule has 1 N–H and O–H groups in total. The van der Waals surface area contributed by atoms with Crippen molar-refractivity contribution in [2.24, 2.45) is 0 Å². The lowest BCUT2D eigenvalue weighted by atomic mass is 9.94. The van der Waals surface area contributed by atoms with Gasteiger partial charge in [-0.25, -0.2) is 0 Å². The summed E-state index contributed by atoms with van der Waals surface area (Å²) in [4.78, 5) is 28.7. The molecule has 5 rings (SSSR count). The molecule has 0 saturated carbocycles. The van der Waals surface area contributed by atoms with Crippen LogP contribution in [0.4, 0.5) is 0 Å². The molecule has 1 amide bonds. The third-order valence-electron chi connectivity index (χ3n) is 6.31. The molecule has 38 heavy (non-hydrogen) atoms. The van der Waals surface area contributed by atoms with Gasteiger partial charge in [-0.3, -0.25) is 9.59 Å². The van der Waals surface area contributed by atoms with E-state index in [4.69, 9.17) is 13.9 Å². The number of nitrogens with zero attached hydrogens (tertiary/aromatic N) is 1. The van der Waals surface area contributed by atoms with Crippen LogP contribution in [-0.4, -0.2) is 34.9 Å². The van der Waals surface area contributed by atoms with Gasteiger partial charge in [-0.1, -0.05) is 40.2 Å². The minimum atomic E-state index is -0.854. The number of methoxy groups -OCH3 is 1. The number of ether oxygens (including phenoxy) is 2. The molecule has 0 radical (unpaired) electrons. The van der Waals surface area contributed by atoms with Crippen LogP contribution in [0.1, 0.15) is 41.6 Å². The molecule has 0 fully saturated rings. The first-order valence-corrected chi connectivity index (χ1v) is 12.9. The van der Waals surface area contributed by atoms with Crippen molar-refractivity contribution in [1.29, 1.82) is 0 Å². The van der Waals surface area contributed by atoms with Crippen molar-refractivity contribution in [1.82, 2.24) is 4.90 Å². The molecular weight excluding hydrogens is 550 g/mol. The predicted octanol–water partition coefficient (Wildman–Crippen LogP) is 6.77. The number of benzene rings is 3. The molecule has 194 valence electrons. The van der Waals surface area contributed by atoms with E-state index in [9.17, 15) is 14.7 Å². The Hall–Kier alpha value is -4.04. The Morgan fingerprint density at radius 2 is 1.82 bits per heavy atom. The monoisotopic (exact) mass is 575 g/mol. The zero-order valence-corrected chi connectivity index (χ0v) is 22.7. The molecule has 1 aromatic heterocycles. The highest BCUT2D eigenvalue weighted by molar-refractivity contribution is 9.10. The fourth-order valence-electron chi connectivity index (χ4n) is 4.61. The molecule has 0 bridgehead atoms. The summed E-state index contributed by atoms with van der Waals surface area (Å²) in [6, 6.07) is 20.7. The van der Waals surface area contributed by atoms with Gasteiger partial charge >= 0.3 is 0 Å². The third kappa shape index (κ3) is 4.91. The van der Waals surface area contributed by atoms with Crippen molar-refractivity contribution in [2.75, 3.05) is 7.11 Å². The number of carbonyl (C=O) groups is 2. The minimum Gasteiger partial charge on any atom is -0.503 e. The van der Waals surface area contributed by atoms with E-state index in [1.807, 2.05) is 50.2 Å². The van der Waals surface area contributed by atoms with Crippen LogP contribution in [-0.2, 0) is 11.3 Å². The van der Waals surface area contributed by atoms with E-state index < -0.39 is 23.5 Å². The van der Waals surface area contributed by atoms with Gasteiger partial charge in [-0.05, 0) is 73.5 Å². The van der Waals surface area contributed by atoms with Crippen LogP contribution in [0.15, 0.2) is 93.0 Å². The number of fused-ring (bicyclic) bond motifs is 1. The van der Waals surface area contributed by atoms with Crippen molar-refractivity contribution in [3.8, 4) is 11.5 Å².